The summed E-state index contributed by atoms with van der Waals surface area (Å²) < 4.78 is 1.24. The number of benzene rings is 1. The molecule has 7 heteroatoms. The van der Waals surface area contributed by atoms with E-state index < -0.39 is 5.69 Å². The highest BCUT2D eigenvalue weighted by atomic mass is 32.1. The van der Waals surface area contributed by atoms with Crippen molar-refractivity contribution in [1.82, 2.24) is 9.55 Å². The first kappa shape index (κ1) is 14.7. The van der Waals surface area contributed by atoms with E-state index in [1.807, 2.05) is 29.0 Å². The van der Waals surface area contributed by atoms with Crippen LogP contribution in [0.5, 0.6) is 0 Å². The van der Waals surface area contributed by atoms with Gasteiger partial charge in [0.05, 0.1) is 5.69 Å². The smallest absolute Gasteiger partial charge is 0.355 e. The monoisotopic (exact) mass is 321 g/mol. The Balaban J connectivity index is 2.19. The molecule has 2 heterocycles. The van der Waals surface area contributed by atoms with Gasteiger partial charge in [-0.1, -0.05) is 18.2 Å². The molecule has 0 unspecified atom stereocenters. The number of aliphatic imine (C=N–C) groups is 1. The average molecular weight is 321 g/mol. The summed E-state index contributed by atoms with van der Waals surface area (Å²) in [4.78, 5) is 20.2. The summed E-state index contributed by atoms with van der Waals surface area (Å²) in [5, 5.41) is 13.0. The van der Waals surface area contributed by atoms with E-state index in [4.69, 9.17) is 5.73 Å². The molecule has 0 saturated heterocycles. The Labute approximate surface area is 135 Å². The van der Waals surface area contributed by atoms with Crippen LogP contribution in [-0.4, -0.2) is 15.8 Å². The van der Waals surface area contributed by atoms with Gasteiger partial charge < -0.3 is 5.73 Å². The topological polar surface area (TPSA) is 97.1 Å². The Morgan fingerprint density at radius 2 is 2.09 bits per heavy atom. The highest BCUT2D eigenvalue weighted by molar-refractivity contribution is 7.08. The lowest BCUT2D eigenvalue weighted by Crippen LogP contribution is -2.25. The van der Waals surface area contributed by atoms with Crippen molar-refractivity contribution in [2.75, 3.05) is 5.73 Å². The third kappa shape index (κ3) is 2.88. The molecule has 2 aromatic heterocycles. The molecular weight excluding hydrogens is 310 g/mol. The molecule has 0 amide bonds. The van der Waals surface area contributed by atoms with Crippen molar-refractivity contribution >= 4 is 29.1 Å². The molecule has 23 heavy (non-hydrogen) atoms. The van der Waals surface area contributed by atoms with Crippen LogP contribution in [0.25, 0.3) is 5.69 Å². The molecule has 0 spiro atoms. The van der Waals surface area contributed by atoms with E-state index in [-0.39, 0.29) is 17.2 Å². The van der Waals surface area contributed by atoms with Gasteiger partial charge in [0, 0.05) is 11.8 Å². The van der Waals surface area contributed by atoms with Crippen molar-refractivity contribution < 1.29 is 0 Å². The van der Waals surface area contributed by atoms with Gasteiger partial charge >= 0.3 is 5.69 Å². The van der Waals surface area contributed by atoms with Gasteiger partial charge in [-0.15, -0.1) is 0 Å². The molecule has 112 valence electrons. The zero-order chi connectivity index (χ0) is 16.2. The molecule has 0 bridgehead atoms. The van der Waals surface area contributed by atoms with Crippen LogP contribution < -0.4 is 11.4 Å². The minimum absolute atomic E-state index is 0.0826. The number of rotatable bonds is 3. The maximum absolute atomic E-state index is 12.2. The molecule has 2 N–H and O–H groups in total. The Morgan fingerprint density at radius 3 is 2.74 bits per heavy atom. The number of thiophene rings is 1. The number of nitrogens with two attached hydrogens (primary N) is 1. The van der Waals surface area contributed by atoms with Crippen molar-refractivity contribution in [3.05, 3.63) is 68.9 Å². The number of hydrogen-bond acceptors (Lipinski definition) is 6. The van der Waals surface area contributed by atoms with E-state index in [1.165, 1.54) is 15.9 Å². The predicted molar refractivity (Wildman–Crippen MR) is 90.5 cm³/mol. The van der Waals surface area contributed by atoms with Gasteiger partial charge in [-0.2, -0.15) is 21.6 Å². The van der Waals surface area contributed by atoms with Gasteiger partial charge in [0.15, 0.2) is 5.69 Å². The third-order valence-corrected chi connectivity index (χ3v) is 3.81. The van der Waals surface area contributed by atoms with E-state index >= 15 is 0 Å². The van der Waals surface area contributed by atoms with Crippen molar-refractivity contribution in [2.24, 2.45) is 4.99 Å². The number of nitrogen functional groups attached to an aromatic ring is 1. The second kappa shape index (κ2) is 6.25. The van der Waals surface area contributed by atoms with Crippen LogP contribution in [0.3, 0.4) is 0 Å². The van der Waals surface area contributed by atoms with E-state index in [9.17, 15) is 10.1 Å². The summed E-state index contributed by atoms with van der Waals surface area (Å²) >= 11 is 1.53. The largest absolute Gasteiger partial charge is 0.383 e. The van der Waals surface area contributed by atoms with Gasteiger partial charge in [0.1, 0.15) is 17.6 Å². The quantitative estimate of drug-likeness (QED) is 0.749. The standard InChI is InChI=1S/C16H11N5OS/c17-8-13-14(19-9-11-6-7-23-10-11)15(18)21(16(22)20-13)12-4-2-1-3-5-12/h1-7,9-10H,18H2. The molecule has 3 rings (SSSR count). The van der Waals surface area contributed by atoms with E-state index in [0.717, 1.165) is 5.56 Å². The first-order valence-corrected chi connectivity index (χ1v) is 7.59. The molecule has 0 fully saturated rings. The molecule has 0 saturated carbocycles. The Kier molecular flexibility index (Phi) is 3.99. The van der Waals surface area contributed by atoms with Gasteiger partial charge in [-0.3, -0.25) is 0 Å². The summed E-state index contributed by atoms with van der Waals surface area (Å²) in [7, 11) is 0. The summed E-state index contributed by atoms with van der Waals surface area (Å²) in [6, 6.07) is 12.6. The van der Waals surface area contributed by atoms with Gasteiger partial charge in [-0.25, -0.2) is 14.4 Å². The third-order valence-electron chi connectivity index (χ3n) is 3.11. The minimum atomic E-state index is -0.611. The predicted octanol–water partition coefficient (Wildman–Crippen LogP) is 2.50. The van der Waals surface area contributed by atoms with Gasteiger partial charge in [-0.05, 0) is 29.0 Å². The average Bonchev–Trinajstić information content (AvgIpc) is 3.08. The van der Waals surface area contributed by atoms with Crippen molar-refractivity contribution in [2.45, 2.75) is 0 Å². The molecule has 0 aliphatic rings. The fraction of sp³-hybridized carbons (Fsp3) is 0. The van der Waals surface area contributed by atoms with Crippen LogP contribution in [0.2, 0.25) is 0 Å². The van der Waals surface area contributed by atoms with E-state index in [2.05, 4.69) is 9.98 Å². The highest BCUT2D eigenvalue weighted by Crippen LogP contribution is 2.25. The number of para-hydroxylation sites is 1. The Morgan fingerprint density at radius 1 is 1.30 bits per heavy atom. The maximum atomic E-state index is 12.2. The molecule has 1 aromatic carbocycles. The fourth-order valence-corrected chi connectivity index (χ4v) is 2.66. The van der Waals surface area contributed by atoms with E-state index in [1.54, 1.807) is 30.5 Å². The molecule has 3 aromatic rings. The fourth-order valence-electron chi connectivity index (χ4n) is 2.05. The molecule has 0 aliphatic heterocycles. The lowest BCUT2D eigenvalue weighted by Gasteiger charge is -2.11. The van der Waals surface area contributed by atoms with Crippen LogP contribution in [0.1, 0.15) is 11.3 Å². The van der Waals surface area contributed by atoms with Crippen LogP contribution in [0.15, 0.2) is 56.9 Å². The second-order valence-electron chi connectivity index (χ2n) is 4.57. The normalized spacial score (nSPS) is 10.7. The number of nitrogens with zero attached hydrogens (tertiary/aromatic N) is 4. The zero-order valence-corrected chi connectivity index (χ0v) is 12.7. The SMILES string of the molecule is N#Cc1nc(=O)n(-c2ccccc2)c(N)c1N=Cc1ccsc1. The molecule has 0 atom stereocenters. The van der Waals surface area contributed by atoms with Crippen molar-refractivity contribution in [1.29, 1.82) is 5.26 Å². The number of aromatic nitrogens is 2. The molecule has 0 radical (unpaired) electrons. The van der Waals surface area contributed by atoms with Crippen molar-refractivity contribution in [3.8, 4) is 11.8 Å². The minimum Gasteiger partial charge on any atom is -0.383 e. The summed E-state index contributed by atoms with van der Waals surface area (Å²) in [6.45, 7) is 0. The molecular formula is C16H11N5OS. The van der Waals surface area contributed by atoms with Crippen molar-refractivity contribution in [3.63, 3.8) is 0 Å². The number of nitriles is 1. The van der Waals surface area contributed by atoms with Crippen LogP contribution >= 0.6 is 11.3 Å². The lowest BCUT2D eigenvalue weighted by atomic mass is 10.3. The number of anilines is 1. The first-order chi connectivity index (χ1) is 11.2. The summed E-state index contributed by atoms with van der Waals surface area (Å²) in [5.74, 6) is 0.0826. The summed E-state index contributed by atoms with van der Waals surface area (Å²) in [5.41, 5.74) is 7.03. The van der Waals surface area contributed by atoms with Crippen LogP contribution in [-0.2, 0) is 0 Å². The molecule has 6 nitrogen and oxygen atoms in total. The zero-order valence-electron chi connectivity index (χ0n) is 11.9. The van der Waals surface area contributed by atoms with Crippen LogP contribution in [0.4, 0.5) is 11.5 Å². The first-order valence-electron chi connectivity index (χ1n) is 6.65. The Hall–Kier alpha value is -3.24. The summed E-state index contributed by atoms with van der Waals surface area (Å²) in [6.07, 6.45) is 1.59. The highest BCUT2D eigenvalue weighted by Gasteiger charge is 2.15. The van der Waals surface area contributed by atoms with Gasteiger partial charge in [0.2, 0.25) is 0 Å². The lowest BCUT2D eigenvalue weighted by molar-refractivity contribution is 0.918. The maximum Gasteiger partial charge on any atom is 0.355 e. The van der Waals surface area contributed by atoms with E-state index in [0.29, 0.717) is 5.69 Å². The second-order valence-corrected chi connectivity index (χ2v) is 5.35. The van der Waals surface area contributed by atoms with Gasteiger partial charge in [0.25, 0.3) is 0 Å². The Bertz CT molecular complexity index is 953. The number of hydrogen-bond donors (Lipinski definition) is 1. The van der Waals surface area contributed by atoms with Crippen LogP contribution in [0, 0.1) is 11.3 Å². The molecule has 0 aliphatic carbocycles.